The van der Waals surface area contributed by atoms with Gasteiger partial charge in [0.1, 0.15) is 0 Å². The Morgan fingerprint density at radius 3 is 2.77 bits per heavy atom. The molecule has 3 heterocycles. The van der Waals surface area contributed by atoms with E-state index in [1.807, 2.05) is 18.2 Å². The van der Waals surface area contributed by atoms with Crippen LogP contribution in [0.25, 0.3) is 0 Å². The van der Waals surface area contributed by atoms with Crippen molar-refractivity contribution in [2.45, 2.75) is 13.0 Å². The van der Waals surface area contributed by atoms with E-state index in [2.05, 4.69) is 5.32 Å². The second kappa shape index (κ2) is 6.97. The topological polar surface area (TPSA) is 62.6 Å². The number of anilines is 1. The maximum atomic E-state index is 12.5. The van der Waals surface area contributed by atoms with Crippen molar-refractivity contribution in [1.29, 1.82) is 0 Å². The summed E-state index contributed by atoms with van der Waals surface area (Å²) in [4.78, 5) is 27.1. The lowest BCUT2D eigenvalue weighted by molar-refractivity contribution is 0.0702. The van der Waals surface area contributed by atoms with E-state index in [0.717, 1.165) is 12.0 Å². The molecule has 1 aliphatic heterocycles. The van der Waals surface area contributed by atoms with Crippen molar-refractivity contribution in [1.82, 2.24) is 4.90 Å². The normalized spacial score (nSPS) is 13.3. The van der Waals surface area contributed by atoms with E-state index in [9.17, 15) is 9.59 Å². The van der Waals surface area contributed by atoms with Gasteiger partial charge in [-0.25, -0.2) is 0 Å². The van der Waals surface area contributed by atoms with Crippen LogP contribution in [0, 0.1) is 0 Å². The van der Waals surface area contributed by atoms with Crippen molar-refractivity contribution in [3.05, 3.63) is 74.8 Å². The molecule has 7 heteroatoms. The standard InChI is InChI=1S/C19H15ClN2O3S/c20-17-6-5-16(26-17)18(23)21-14-4-3-12-7-8-22(11-13(12)10-14)19(24)15-2-1-9-25-15/h1-6,9-10H,7-8,11H2,(H,21,23). The fourth-order valence-electron chi connectivity index (χ4n) is 2.99. The van der Waals surface area contributed by atoms with Gasteiger partial charge in [-0.05, 0) is 53.9 Å². The number of hydrogen-bond acceptors (Lipinski definition) is 4. The highest BCUT2D eigenvalue weighted by molar-refractivity contribution is 7.18. The lowest BCUT2D eigenvalue weighted by atomic mass is 9.99. The van der Waals surface area contributed by atoms with Gasteiger partial charge in [-0.3, -0.25) is 9.59 Å². The lowest BCUT2D eigenvalue weighted by Crippen LogP contribution is -2.35. The molecule has 26 heavy (non-hydrogen) atoms. The molecule has 0 saturated heterocycles. The van der Waals surface area contributed by atoms with Crippen LogP contribution in [0.4, 0.5) is 5.69 Å². The van der Waals surface area contributed by atoms with Crippen molar-refractivity contribution in [2.75, 3.05) is 11.9 Å². The first kappa shape index (κ1) is 16.9. The van der Waals surface area contributed by atoms with Gasteiger partial charge in [0.25, 0.3) is 11.8 Å². The second-order valence-electron chi connectivity index (χ2n) is 6.00. The maximum Gasteiger partial charge on any atom is 0.289 e. The molecule has 1 aromatic carbocycles. The molecule has 5 nitrogen and oxygen atoms in total. The molecule has 132 valence electrons. The predicted octanol–water partition coefficient (Wildman–Crippen LogP) is 4.45. The van der Waals surface area contributed by atoms with Crippen LogP contribution in [-0.4, -0.2) is 23.3 Å². The molecule has 0 aliphatic carbocycles. The number of amides is 2. The second-order valence-corrected chi connectivity index (χ2v) is 7.71. The number of halogens is 1. The highest BCUT2D eigenvalue weighted by Crippen LogP contribution is 2.26. The van der Waals surface area contributed by atoms with E-state index in [1.165, 1.54) is 23.2 Å². The quantitative estimate of drug-likeness (QED) is 0.723. The van der Waals surface area contributed by atoms with E-state index in [4.69, 9.17) is 16.0 Å². The van der Waals surface area contributed by atoms with Crippen LogP contribution in [-0.2, 0) is 13.0 Å². The van der Waals surface area contributed by atoms with E-state index < -0.39 is 0 Å². The van der Waals surface area contributed by atoms with Crippen molar-refractivity contribution in [3.8, 4) is 0 Å². The highest BCUT2D eigenvalue weighted by Gasteiger charge is 2.23. The van der Waals surface area contributed by atoms with Gasteiger partial charge in [0, 0.05) is 18.8 Å². The summed E-state index contributed by atoms with van der Waals surface area (Å²) in [6.45, 7) is 1.13. The van der Waals surface area contributed by atoms with Gasteiger partial charge in [-0.2, -0.15) is 0 Å². The number of hydrogen-bond donors (Lipinski definition) is 1. The number of carbonyl (C=O) groups is 2. The zero-order chi connectivity index (χ0) is 18.1. The zero-order valence-electron chi connectivity index (χ0n) is 13.7. The van der Waals surface area contributed by atoms with Gasteiger partial charge >= 0.3 is 0 Å². The van der Waals surface area contributed by atoms with Crippen molar-refractivity contribution in [3.63, 3.8) is 0 Å². The van der Waals surface area contributed by atoms with Crippen LogP contribution in [0.2, 0.25) is 4.34 Å². The third kappa shape index (κ3) is 3.38. The third-order valence-electron chi connectivity index (χ3n) is 4.29. The molecule has 0 fully saturated rings. The van der Waals surface area contributed by atoms with Gasteiger partial charge < -0.3 is 14.6 Å². The number of furan rings is 1. The Bertz CT molecular complexity index is 965. The van der Waals surface area contributed by atoms with Crippen LogP contribution in [0.3, 0.4) is 0 Å². The number of thiophene rings is 1. The monoisotopic (exact) mass is 386 g/mol. The number of nitrogens with one attached hydrogen (secondary N) is 1. The summed E-state index contributed by atoms with van der Waals surface area (Å²) in [6, 6.07) is 12.6. The SMILES string of the molecule is O=C(Nc1ccc2c(c1)CN(C(=O)c1ccco1)CC2)c1ccc(Cl)s1. The van der Waals surface area contributed by atoms with Gasteiger partial charge in [0.05, 0.1) is 15.5 Å². The van der Waals surface area contributed by atoms with Crippen LogP contribution in [0.1, 0.15) is 31.4 Å². The molecule has 0 bridgehead atoms. The average Bonchev–Trinajstić information content (AvgIpc) is 3.32. The van der Waals surface area contributed by atoms with Crippen molar-refractivity contribution in [2.24, 2.45) is 0 Å². The first-order valence-corrected chi connectivity index (χ1v) is 9.31. The number of fused-ring (bicyclic) bond motifs is 1. The van der Waals surface area contributed by atoms with Crippen LogP contribution in [0.5, 0.6) is 0 Å². The highest BCUT2D eigenvalue weighted by atomic mass is 35.5. The minimum absolute atomic E-state index is 0.122. The Labute approximate surface area is 159 Å². The Balaban J connectivity index is 1.50. The van der Waals surface area contributed by atoms with Crippen LogP contribution < -0.4 is 5.32 Å². The number of carbonyl (C=O) groups excluding carboxylic acids is 2. The zero-order valence-corrected chi connectivity index (χ0v) is 15.3. The molecule has 0 spiro atoms. The molecule has 4 rings (SSSR count). The minimum Gasteiger partial charge on any atom is -0.459 e. The van der Waals surface area contributed by atoms with Crippen molar-refractivity contribution >= 4 is 40.4 Å². The Morgan fingerprint density at radius 1 is 1.15 bits per heavy atom. The molecule has 1 N–H and O–H groups in total. The summed E-state index contributed by atoms with van der Waals surface area (Å²) in [5.74, 6) is 0.0250. The predicted molar refractivity (Wildman–Crippen MR) is 101 cm³/mol. The van der Waals surface area contributed by atoms with E-state index in [-0.39, 0.29) is 11.8 Å². The van der Waals surface area contributed by atoms with E-state index >= 15 is 0 Å². The average molecular weight is 387 g/mol. The van der Waals surface area contributed by atoms with E-state index in [0.29, 0.717) is 33.8 Å². The first-order valence-electron chi connectivity index (χ1n) is 8.11. The Hall–Kier alpha value is -2.57. The summed E-state index contributed by atoms with van der Waals surface area (Å²) in [6.07, 6.45) is 2.27. The number of nitrogens with zero attached hydrogens (tertiary/aromatic N) is 1. The van der Waals surface area contributed by atoms with E-state index in [1.54, 1.807) is 29.2 Å². The summed E-state index contributed by atoms with van der Waals surface area (Å²) >= 11 is 7.12. The summed E-state index contributed by atoms with van der Waals surface area (Å²) in [7, 11) is 0. The van der Waals surface area contributed by atoms with Crippen LogP contribution >= 0.6 is 22.9 Å². The fraction of sp³-hybridized carbons (Fsp3) is 0.158. The number of rotatable bonds is 3. The molecule has 0 saturated carbocycles. The van der Waals surface area contributed by atoms with Gasteiger partial charge in [0.15, 0.2) is 5.76 Å². The maximum absolute atomic E-state index is 12.5. The lowest BCUT2D eigenvalue weighted by Gasteiger charge is -2.28. The first-order chi connectivity index (χ1) is 12.6. The summed E-state index contributed by atoms with van der Waals surface area (Å²) in [5.41, 5.74) is 2.91. The molecular formula is C19H15ClN2O3S. The smallest absolute Gasteiger partial charge is 0.289 e. The summed E-state index contributed by atoms with van der Waals surface area (Å²) in [5, 5.41) is 2.88. The van der Waals surface area contributed by atoms with Gasteiger partial charge in [-0.15, -0.1) is 11.3 Å². The van der Waals surface area contributed by atoms with Gasteiger partial charge in [-0.1, -0.05) is 17.7 Å². The van der Waals surface area contributed by atoms with Gasteiger partial charge in [0.2, 0.25) is 0 Å². The Morgan fingerprint density at radius 2 is 2.04 bits per heavy atom. The molecule has 2 aromatic heterocycles. The molecule has 1 aliphatic rings. The largest absolute Gasteiger partial charge is 0.459 e. The summed E-state index contributed by atoms with van der Waals surface area (Å²) < 4.78 is 5.78. The molecule has 0 radical (unpaired) electrons. The fourth-order valence-corrected chi connectivity index (χ4v) is 3.93. The molecular weight excluding hydrogens is 372 g/mol. The molecule has 2 amide bonds. The molecule has 3 aromatic rings. The molecule has 0 atom stereocenters. The van der Waals surface area contributed by atoms with Crippen LogP contribution in [0.15, 0.2) is 53.1 Å². The third-order valence-corrected chi connectivity index (χ3v) is 5.52. The minimum atomic E-state index is -0.193. The Kier molecular flexibility index (Phi) is 4.53. The molecule has 0 unspecified atom stereocenters. The van der Waals surface area contributed by atoms with Crippen molar-refractivity contribution < 1.29 is 14.0 Å². The number of benzene rings is 1.